The maximum absolute atomic E-state index is 5.53. The van der Waals surface area contributed by atoms with Gasteiger partial charge in [-0.2, -0.15) is 13.5 Å². The molecule has 0 radical (unpaired) electrons. The van der Waals surface area contributed by atoms with Crippen molar-refractivity contribution in [3.8, 4) is 0 Å². The second kappa shape index (κ2) is 19.6. The number of thiol groups is 1. The molecule has 0 aliphatic heterocycles. The standard InChI is InChI=1S/C18H36N4O5S.H2S/c1-17(2)18-16-22(20-19-18)5-7-24-9-11-26-13-15-27-14-12-25-10-8-23-6-4-21(3)28;/h16-17,28H,4-15H2,1-3H3;1H2. The molecule has 11 heteroatoms. The molecule has 0 atom stereocenters. The van der Waals surface area contributed by atoms with E-state index in [1.807, 2.05) is 13.2 Å². The summed E-state index contributed by atoms with van der Waals surface area (Å²) in [6.07, 6.45) is 1.96. The molecule has 0 spiro atoms. The van der Waals surface area contributed by atoms with Crippen molar-refractivity contribution >= 4 is 26.3 Å². The Morgan fingerprint density at radius 3 is 1.72 bits per heavy atom. The van der Waals surface area contributed by atoms with E-state index in [1.165, 1.54) is 0 Å². The van der Waals surface area contributed by atoms with Crippen LogP contribution in [-0.4, -0.2) is 99.0 Å². The Hall–Kier alpha value is -0.400. The van der Waals surface area contributed by atoms with Gasteiger partial charge >= 0.3 is 0 Å². The second-order valence-electron chi connectivity index (χ2n) is 6.50. The van der Waals surface area contributed by atoms with E-state index >= 15 is 0 Å². The molecule has 0 aliphatic carbocycles. The smallest absolute Gasteiger partial charge is 0.0852 e. The average Bonchev–Trinajstić information content (AvgIpc) is 3.13. The van der Waals surface area contributed by atoms with Gasteiger partial charge in [0.1, 0.15) is 0 Å². The van der Waals surface area contributed by atoms with Crippen molar-refractivity contribution < 1.29 is 23.7 Å². The van der Waals surface area contributed by atoms with Crippen molar-refractivity contribution in [1.82, 2.24) is 19.3 Å². The molecular weight excluding hydrogens is 416 g/mol. The summed E-state index contributed by atoms with van der Waals surface area (Å²) < 4.78 is 30.8. The summed E-state index contributed by atoms with van der Waals surface area (Å²) in [4.78, 5) is 0. The molecule has 0 unspecified atom stereocenters. The van der Waals surface area contributed by atoms with Crippen LogP contribution in [0.5, 0.6) is 0 Å². The van der Waals surface area contributed by atoms with Crippen LogP contribution in [0.15, 0.2) is 6.20 Å². The van der Waals surface area contributed by atoms with Gasteiger partial charge in [0.25, 0.3) is 0 Å². The Labute approximate surface area is 187 Å². The second-order valence-corrected chi connectivity index (χ2v) is 7.19. The number of hydrogen-bond acceptors (Lipinski definition) is 9. The molecule has 0 saturated heterocycles. The van der Waals surface area contributed by atoms with Crippen molar-refractivity contribution in [1.29, 1.82) is 0 Å². The summed E-state index contributed by atoms with van der Waals surface area (Å²) in [6.45, 7) is 11.4. The molecule has 1 aromatic heterocycles. The molecule has 0 saturated carbocycles. The van der Waals surface area contributed by atoms with Crippen LogP contribution in [0.1, 0.15) is 25.5 Å². The van der Waals surface area contributed by atoms with Crippen LogP contribution in [0.4, 0.5) is 0 Å². The molecule has 1 aromatic rings. The number of aromatic nitrogens is 3. The lowest BCUT2D eigenvalue weighted by Gasteiger charge is -2.09. The number of hydrogen-bond donors (Lipinski definition) is 1. The zero-order valence-corrected chi connectivity index (χ0v) is 19.8. The number of nitrogens with zero attached hydrogens (tertiary/aromatic N) is 4. The van der Waals surface area contributed by atoms with Gasteiger partial charge in [-0.25, -0.2) is 4.68 Å². The molecule has 172 valence electrons. The molecule has 1 rings (SSSR count). The molecule has 0 aliphatic rings. The number of rotatable bonds is 19. The molecule has 29 heavy (non-hydrogen) atoms. The van der Waals surface area contributed by atoms with Gasteiger partial charge in [-0.3, -0.25) is 4.31 Å². The highest BCUT2D eigenvalue weighted by Gasteiger charge is 2.04. The van der Waals surface area contributed by atoms with Gasteiger partial charge in [0.15, 0.2) is 0 Å². The molecule has 0 fully saturated rings. The first kappa shape index (κ1) is 28.6. The lowest BCUT2D eigenvalue weighted by molar-refractivity contribution is -0.0117. The first-order valence-electron chi connectivity index (χ1n) is 9.78. The van der Waals surface area contributed by atoms with Crippen LogP contribution in [0.2, 0.25) is 0 Å². The Bertz CT molecular complexity index is 481. The molecule has 9 nitrogen and oxygen atoms in total. The van der Waals surface area contributed by atoms with Gasteiger partial charge in [-0.1, -0.05) is 31.9 Å². The van der Waals surface area contributed by atoms with Crippen LogP contribution in [0.25, 0.3) is 0 Å². The van der Waals surface area contributed by atoms with Gasteiger partial charge in [0, 0.05) is 12.7 Å². The fourth-order valence-electron chi connectivity index (χ4n) is 2.02. The zero-order valence-electron chi connectivity index (χ0n) is 17.9. The summed E-state index contributed by atoms with van der Waals surface area (Å²) in [7, 11) is 1.89. The van der Waals surface area contributed by atoms with Crippen LogP contribution in [-0.2, 0) is 30.2 Å². The van der Waals surface area contributed by atoms with Gasteiger partial charge in [-0.15, -0.1) is 5.10 Å². The maximum atomic E-state index is 5.53. The van der Waals surface area contributed by atoms with E-state index < -0.39 is 0 Å². The predicted molar refractivity (Wildman–Crippen MR) is 120 cm³/mol. The van der Waals surface area contributed by atoms with E-state index in [9.17, 15) is 0 Å². The third-order valence-corrected chi connectivity index (χ3v) is 3.86. The topological polar surface area (TPSA) is 80.1 Å². The first-order chi connectivity index (χ1) is 13.6. The predicted octanol–water partition coefficient (Wildman–Crippen LogP) is 1.37. The average molecular weight is 455 g/mol. The Balaban J connectivity index is 0.00000784. The highest BCUT2D eigenvalue weighted by molar-refractivity contribution is 7.77. The van der Waals surface area contributed by atoms with Crippen molar-refractivity contribution in [2.24, 2.45) is 0 Å². The van der Waals surface area contributed by atoms with Crippen molar-refractivity contribution in [2.75, 3.05) is 79.7 Å². The van der Waals surface area contributed by atoms with Crippen LogP contribution < -0.4 is 0 Å². The summed E-state index contributed by atoms with van der Waals surface area (Å²) in [5, 5.41) is 8.18. The first-order valence-corrected chi connectivity index (χ1v) is 10.2. The van der Waals surface area contributed by atoms with Crippen molar-refractivity contribution in [3.05, 3.63) is 11.9 Å². The van der Waals surface area contributed by atoms with Gasteiger partial charge in [0.2, 0.25) is 0 Å². The van der Waals surface area contributed by atoms with Crippen LogP contribution >= 0.6 is 26.3 Å². The lowest BCUT2D eigenvalue weighted by atomic mass is 10.2. The summed E-state index contributed by atoms with van der Waals surface area (Å²) in [5.74, 6) is 0.390. The SMILES string of the molecule is CC(C)c1cn(CCOCCOCCOCCOCCOCCN(C)S)nn1.S. The van der Waals surface area contributed by atoms with E-state index in [1.54, 1.807) is 8.99 Å². The zero-order chi connectivity index (χ0) is 20.5. The van der Waals surface area contributed by atoms with Gasteiger partial charge in [-0.05, 0) is 13.0 Å². The van der Waals surface area contributed by atoms with E-state index in [0.717, 1.165) is 12.2 Å². The van der Waals surface area contributed by atoms with E-state index in [-0.39, 0.29) is 13.5 Å². The summed E-state index contributed by atoms with van der Waals surface area (Å²) in [6, 6.07) is 0. The summed E-state index contributed by atoms with van der Waals surface area (Å²) >= 11 is 4.13. The molecule has 1 heterocycles. The van der Waals surface area contributed by atoms with Gasteiger partial charge < -0.3 is 23.7 Å². The minimum atomic E-state index is 0. The van der Waals surface area contributed by atoms with Gasteiger partial charge in [0.05, 0.1) is 78.3 Å². The Morgan fingerprint density at radius 1 is 0.862 bits per heavy atom. The number of likely N-dealkylation sites (N-methyl/N-ethyl adjacent to an activating group) is 1. The molecule has 0 bridgehead atoms. The highest BCUT2D eigenvalue weighted by Crippen LogP contribution is 2.08. The Morgan fingerprint density at radius 2 is 1.31 bits per heavy atom. The molecule has 0 N–H and O–H groups in total. The third kappa shape index (κ3) is 17.0. The minimum absolute atomic E-state index is 0. The number of ether oxygens (including phenoxy) is 5. The Kier molecular flexibility index (Phi) is 19.3. The fourth-order valence-corrected chi connectivity index (χ4v) is 2.11. The van der Waals surface area contributed by atoms with E-state index in [2.05, 4.69) is 37.0 Å². The lowest BCUT2D eigenvalue weighted by Crippen LogP contribution is -2.16. The monoisotopic (exact) mass is 454 g/mol. The van der Waals surface area contributed by atoms with Crippen LogP contribution in [0, 0.1) is 0 Å². The molecular formula is C18H38N4O5S2. The van der Waals surface area contributed by atoms with Crippen molar-refractivity contribution in [2.45, 2.75) is 26.3 Å². The molecule has 0 aromatic carbocycles. The maximum Gasteiger partial charge on any atom is 0.0852 e. The summed E-state index contributed by atoms with van der Waals surface area (Å²) in [5.41, 5.74) is 0.999. The fraction of sp³-hybridized carbons (Fsp3) is 0.889. The van der Waals surface area contributed by atoms with E-state index in [0.29, 0.717) is 78.5 Å². The van der Waals surface area contributed by atoms with Crippen LogP contribution in [0.3, 0.4) is 0 Å². The largest absolute Gasteiger partial charge is 0.378 e. The third-order valence-electron chi connectivity index (χ3n) is 3.66. The quantitative estimate of drug-likeness (QED) is 0.248. The minimum Gasteiger partial charge on any atom is -0.378 e. The highest BCUT2D eigenvalue weighted by atomic mass is 32.1. The van der Waals surface area contributed by atoms with Crippen molar-refractivity contribution in [3.63, 3.8) is 0 Å². The normalized spacial score (nSPS) is 11.4. The van der Waals surface area contributed by atoms with E-state index in [4.69, 9.17) is 23.7 Å². The molecule has 0 amide bonds.